The van der Waals surface area contributed by atoms with E-state index in [-0.39, 0.29) is 0 Å². The number of hydrogen-bond donors (Lipinski definition) is 0. The van der Waals surface area contributed by atoms with Crippen LogP contribution in [0.2, 0.25) is 0 Å². The zero-order chi connectivity index (χ0) is 9.97. The first-order valence-corrected chi connectivity index (χ1v) is 6.20. The second-order valence-corrected chi connectivity index (χ2v) is 5.40. The van der Waals surface area contributed by atoms with Crippen molar-refractivity contribution < 1.29 is 0 Å². The van der Waals surface area contributed by atoms with Gasteiger partial charge in [0.05, 0.1) is 0 Å². The van der Waals surface area contributed by atoms with Gasteiger partial charge < -0.3 is 4.90 Å². The maximum Gasteiger partial charge on any atom is 0.208 e. The predicted octanol–water partition coefficient (Wildman–Crippen LogP) is 2.44. The standard InChI is InChI=1S/C9H14ClN3S/c1-7-11-12-9(14-7)13-5-2-3-8(10)4-6-13/h8H,2-6H2,1H3. The Kier molecular flexibility index (Phi) is 3.23. The summed E-state index contributed by atoms with van der Waals surface area (Å²) >= 11 is 7.79. The number of nitrogens with zero attached hydrogens (tertiary/aromatic N) is 3. The summed E-state index contributed by atoms with van der Waals surface area (Å²) in [6.45, 7) is 4.07. The van der Waals surface area contributed by atoms with Gasteiger partial charge in [-0.1, -0.05) is 11.3 Å². The van der Waals surface area contributed by atoms with E-state index in [0.717, 1.165) is 42.5 Å². The predicted molar refractivity (Wildman–Crippen MR) is 60.4 cm³/mol. The molecule has 1 fully saturated rings. The van der Waals surface area contributed by atoms with E-state index in [1.165, 1.54) is 0 Å². The SMILES string of the molecule is Cc1nnc(N2CCCC(Cl)CC2)s1. The highest BCUT2D eigenvalue weighted by Crippen LogP contribution is 2.24. The Morgan fingerprint density at radius 3 is 2.93 bits per heavy atom. The van der Waals surface area contributed by atoms with Gasteiger partial charge >= 0.3 is 0 Å². The Morgan fingerprint density at radius 2 is 2.21 bits per heavy atom. The van der Waals surface area contributed by atoms with Crippen LogP contribution in [0.15, 0.2) is 0 Å². The number of anilines is 1. The molecule has 1 aromatic heterocycles. The largest absolute Gasteiger partial charge is 0.347 e. The zero-order valence-electron chi connectivity index (χ0n) is 8.24. The fourth-order valence-corrected chi connectivity index (χ4v) is 2.65. The van der Waals surface area contributed by atoms with Gasteiger partial charge in [-0.05, 0) is 26.2 Å². The van der Waals surface area contributed by atoms with E-state index in [9.17, 15) is 0 Å². The van der Waals surface area contributed by atoms with Crippen molar-refractivity contribution in [3.8, 4) is 0 Å². The van der Waals surface area contributed by atoms with Gasteiger partial charge in [0, 0.05) is 18.5 Å². The van der Waals surface area contributed by atoms with Crippen LogP contribution in [-0.2, 0) is 0 Å². The van der Waals surface area contributed by atoms with Gasteiger partial charge in [-0.2, -0.15) is 0 Å². The van der Waals surface area contributed by atoms with Gasteiger partial charge in [-0.15, -0.1) is 21.8 Å². The van der Waals surface area contributed by atoms with E-state index in [0.29, 0.717) is 5.38 Å². The van der Waals surface area contributed by atoms with Crippen LogP contribution in [0.5, 0.6) is 0 Å². The van der Waals surface area contributed by atoms with Crippen molar-refractivity contribution in [1.82, 2.24) is 10.2 Å². The summed E-state index contributed by atoms with van der Waals surface area (Å²) in [6.07, 6.45) is 3.34. The molecule has 1 unspecified atom stereocenters. The molecule has 0 bridgehead atoms. The Labute approximate surface area is 93.1 Å². The van der Waals surface area contributed by atoms with Gasteiger partial charge in [0.15, 0.2) is 0 Å². The first kappa shape index (κ1) is 10.2. The minimum Gasteiger partial charge on any atom is -0.347 e. The van der Waals surface area contributed by atoms with Crippen molar-refractivity contribution in [1.29, 1.82) is 0 Å². The quantitative estimate of drug-likeness (QED) is 0.696. The van der Waals surface area contributed by atoms with Crippen LogP contribution in [0.1, 0.15) is 24.3 Å². The Bertz CT molecular complexity index is 302. The molecule has 0 saturated carbocycles. The van der Waals surface area contributed by atoms with Crippen molar-refractivity contribution in [2.45, 2.75) is 31.6 Å². The van der Waals surface area contributed by atoms with Crippen LogP contribution in [0.4, 0.5) is 5.13 Å². The van der Waals surface area contributed by atoms with Crippen LogP contribution in [0.3, 0.4) is 0 Å². The molecule has 0 amide bonds. The smallest absolute Gasteiger partial charge is 0.208 e. The van der Waals surface area contributed by atoms with Crippen molar-refractivity contribution in [2.75, 3.05) is 18.0 Å². The highest BCUT2D eigenvalue weighted by Gasteiger charge is 2.17. The first-order valence-electron chi connectivity index (χ1n) is 4.95. The number of aromatic nitrogens is 2. The van der Waals surface area contributed by atoms with E-state index < -0.39 is 0 Å². The second-order valence-electron chi connectivity index (χ2n) is 3.62. The van der Waals surface area contributed by atoms with Crippen LogP contribution < -0.4 is 4.90 Å². The molecule has 5 heteroatoms. The summed E-state index contributed by atoms with van der Waals surface area (Å²) in [5, 5.41) is 10.6. The van der Waals surface area contributed by atoms with E-state index in [1.54, 1.807) is 11.3 Å². The summed E-state index contributed by atoms with van der Waals surface area (Å²) in [4.78, 5) is 2.30. The Hall–Kier alpha value is -0.350. The summed E-state index contributed by atoms with van der Waals surface area (Å²) in [6, 6.07) is 0. The number of rotatable bonds is 1. The third kappa shape index (κ3) is 2.36. The van der Waals surface area contributed by atoms with Crippen LogP contribution in [0.25, 0.3) is 0 Å². The van der Waals surface area contributed by atoms with Gasteiger partial charge in [-0.3, -0.25) is 0 Å². The monoisotopic (exact) mass is 231 g/mol. The molecule has 14 heavy (non-hydrogen) atoms. The van der Waals surface area contributed by atoms with E-state index in [4.69, 9.17) is 11.6 Å². The molecule has 2 rings (SSSR count). The summed E-state index contributed by atoms with van der Waals surface area (Å²) in [5.74, 6) is 0. The topological polar surface area (TPSA) is 29.0 Å². The molecule has 0 spiro atoms. The number of halogens is 1. The van der Waals surface area contributed by atoms with Crippen LogP contribution in [-0.4, -0.2) is 28.7 Å². The summed E-state index contributed by atoms with van der Waals surface area (Å²) in [7, 11) is 0. The minimum absolute atomic E-state index is 0.342. The lowest BCUT2D eigenvalue weighted by Crippen LogP contribution is -2.24. The highest BCUT2D eigenvalue weighted by atomic mass is 35.5. The third-order valence-corrected chi connectivity index (χ3v) is 3.78. The second kappa shape index (κ2) is 4.45. The van der Waals surface area contributed by atoms with Crippen molar-refractivity contribution >= 4 is 28.1 Å². The maximum absolute atomic E-state index is 6.12. The molecule has 0 radical (unpaired) electrons. The Morgan fingerprint density at radius 1 is 1.36 bits per heavy atom. The molecule has 3 nitrogen and oxygen atoms in total. The molecule has 0 aliphatic carbocycles. The fraction of sp³-hybridized carbons (Fsp3) is 0.778. The average molecular weight is 232 g/mol. The number of aryl methyl sites for hydroxylation is 1. The van der Waals surface area contributed by atoms with Crippen molar-refractivity contribution in [2.24, 2.45) is 0 Å². The lowest BCUT2D eigenvalue weighted by Gasteiger charge is -2.17. The molecule has 1 aliphatic rings. The summed E-state index contributed by atoms with van der Waals surface area (Å²) < 4.78 is 0. The molecule has 1 aromatic rings. The van der Waals surface area contributed by atoms with Crippen molar-refractivity contribution in [3.63, 3.8) is 0 Å². The molecule has 1 saturated heterocycles. The van der Waals surface area contributed by atoms with E-state index in [1.807, 2.05) is 6.92 Å². The van der Waals surface area contributed by atoms with E-state index >= 15 is 0 Å². The number of alkyl halides is 1. The Balaban J connectivity index is 2.04. The molecule has 0 N–H and O–H groups in total. The van der Waals surface area contributed by atoms with Crippen LogP contribution in [0, 0.1) is 6.92 Å². The van der Waals surface area contributed by atoms with E-state index in [2.05, 4.69) is 15.1 Å². The normalized spacial score (nSPS) is 23.6. The maximum atomic E-state index is 6.12. The van der Waals surface area contributed by atoms with Gasteiger partial charge in [0.25, 0.3) is 0 Å². The average Bonchev–Trinajstić information content (AvgIpc) is 2.46. The lowest BCUT2D eigenvalue weighted by molar-refractivity contribution is 0.735. The molecule has 0 aromatic carbocycles. The van der Waals surface area contributed by atoms with Crippen molar-refractivity contribution in [3.05, 3.63) is 5.01 Å². The van der Waals surface area contributed by atoms with Gasteiger partial charge in [-0.25, -0.2) is 0 Å². The molecular formula is C9H14ClN3S. The minimum atomic E-state index is 0.342. The highest BCUT2D eigenvalue weighted by molar-refractivity contribution is 7.15. The van der Waals surface area contributed by atoms with Gasteiger partial charge in [0.2, 0.25) is 5.13 Å². The third-order valence-electron chi connectivity index (χ3n) is 2.44. The molecule has 2 heterocycles. The fourth-order valence-electron chi connectivity index (χ4n) is 1.66. The van der Waals surface area contributed by atoms with Crippen LogP contribution >= 0.6 is 22.9 Å². The molecule has 78 valence electrons. The van der Waals surface area contributed by atoms with Gasteiger partial charge in [0.1, 0.15) is 5.01 Å². The molecule has 1 atom stereocenters. The molecular weight excluding hydrogens is 218 g/mol. The lowest BCUT2D eigenvalue weighted by atomic mass is 10.2. The first-order chi connectivity index (χ1) is 6.75. The summed E-state index contributed by atoms with van der Waals surface area (Å²) in [5.41, 5.74) is 0. The molecule has 1 aliphatic heterocycles. The number of hydrogen-bond acceptors (Lipinski definition) is 4. The zero-order valence-corrected chi connectivity index (χ0v) is 9.81.